The van der Waals surface area contributed by atoms with Crippen molar-refractivity contribution < 1.29 is 0 Å². The van der Waals surface area contributed by atoms with E-state index in [4.69, 9.17) is 0 Å². The van der Waals surface area contributed by atoms with E-state index in [-0.39, 0.29) is 0 Å². The first-order valence-electron chi connectivity index (χ1n) is 1.09. The van der Waals surface area contributed by atoms with Gasteiger partial charge in [-0.2, -0.15) is 0 Å². The summed E-state index contributed by atoms with van der Waals surface area (Å²) < 4.78 is 7.33. The molecule has 0 bridgehead atoms. The molecule has 0 heterocycles. The van der Waals surface area contributed by atoms with Gasteiger partial charge in [0, 0.05) is 0 Å². The third-order valence-electron chi connectivity index (χ3n) is 0.200. The summed E-state index contributed by atoms with van der Waals surface area (Å²) in [5, 5.41) is 0. The second-order valence-corrected chi connectivity index (χ2v) is 2.37. The van der Waals surface area contributed by atoms with Crippen LogP contribution in [0, 0.1) is 0 Å². The Morgan fingerprint density at radius 3 is 1.25 bits per heavy atom. The first-order valence-corrected chi connectivity index (χ1v) is 5.49. The fourth-order valence-corrected chi connectivity index (χ4v) is 0. The Hall–Kier alpha value is 3.21. The predicted octanol–water partition coefficient (Wildman–Crippen LogP) is -0.394. The van der Waals surface area contributed by atoms with E-state index in [1.54, 1.807) is 0 Å². The van der Waals surface area contributed by atoms with Crippen molar-refractivity contribution in [3.05, 3.63) is 0 Å². The Morgan fingerprint density at radius 2 is 1.25 bits per heavy atom. The van der Waals surface area contributed by atoms with Gasteiger partial charge in [0.2, 0.25) is 0 Å². The summed E-state index contributed by atoms with van der Waals surface area (Å²) in [6, 6.07) is 0. The quantitative estimate of drug-likeness (QED) is 0.474. The first-order chi connectivity index (χ1) is 1.91. The molecule has 0 rings (SSSR count). The van der Waals surface area contributed by atoms with Gasteiger partial charge in [-0.05, 0) is 0 Å². The van der Waals surface area contributed by atoms with Crippen LogP contribution >= 0.6 is 0 Å². The normalized spacial score (nSPS) is 10.0. The third-order valence-corrected chi connectivity index (χ3v) is 7.00. The van der Waals surface area contributed by atoms with Crippen LogP contribution in [-0.2, 0) is 0 Å². The van der Waals surface area contributed by atoms with Crippen LogP contribution in [0.2, 0.25) is 0 Å². The fourth-order valence-electron chi connectivity index (χ4n) is 0. The molecule has 0 aromatic heterocycles. The molecule has 0 spiro atoms. The van der Waals surface area contributed by atoms with Gasteiger partial charge in [0.1, 0.15) is 0 Å². The molecular weight excluding hydrogens is 199 g/mol. The molecule has 0 fully saturated rings. The standard InChI is InChI=1S/N2.2Rb/c1-2;;/q-2;2*+1. The SMILES string of the molecule is [Rb][N]=[N][Rb]. The molecule has 0 aliphatic heterocycles. The fraction of sp³-hybridized carbons (Fsp3) is 0. The van der Waals surface area contributed by atoms with Gasteiger partial charge in [0.25, 0.3) is 0 Å². The van der Waals surface area contributed by atoms with Gasteiger partial charge in [-0.3, -0.25) is 0 Å². The van der Waals surface area contributed by atoms with Crippen molar-refractivity contribution in [3.63, 3.8) is 0 Å². The summed E-state index contributed by atoms with van der Waals surface area (Å²) in [5.74, 6) is 0. The summed E-state index contributed by atoms with van der Waals surface area (Å²) in [5.41, 5.74) is 0. The maximum absolute atomic E-state index is 3.66. The Morgan fingerprint density at radius 1 is 1.00 bits per heavy atom. The molecule has 0 aliphatic carbocycles. The molecule has 4 heteroatoms. The van der Waals surface area contributed by atoms with E-state index in [0.717, 1.165) is 0 Å². The molecule has 0 aliphatic rings. The van der Waals surface area contributed by atoms with Gasteiger partial charge in [0.15, 0.2) is 0 Å². The van der Waals surface area contributed by atoms with Crippen LogP contribution < -0.4 is 0 Å². The van der Waals surface area contributed by atoms with Crippen LogP contribution in [0.1, 0.15) is 0 Å². The molecule has 0 saturated carbocycles. The Bertz CT molecular complexity index is 19.2. The summed E-state index contributed by atoms with van der Waals surface area (Å²) >= 11 is 0.991. The van der Waals surface area contributed by atoms with Gasteiger partial charge in [0.05, 0.1) is 0 Å². The number of hydrogen-bond donors (Lipinski definition) is 0. The molecule has 0 radical (unpaired) electrons. The van der Waals surface area contributed by atoms with Crippen molar-refractivity contribution in [1.82, 2.24) is 0 Å². The third kappa shape index (κ3) is 5.21. The number of hydrogen-bond acceptors (Lipinski definition) is 2. The van der Waals surface area contributed by atoms with Crippen LogP contribution in [0.25, 0.3) is 0 Å². The molecule has 0 atom stereocenters. The van der Waals surface area contributed by atoms with E-state index in [2.05, 4.69) is -2.28 Å². The first kappa shape index (κ1) is 7.21. The van der Waals surface area contributed by atoms with Crippen LogP contribution in [-0.4, -0.2) is 112 Å². The average Bonchev–Trinajstić information content (AvgIpc) is 1.37. The Labute approximate surface area is 105 Å². The summed E-state index contributed by atoms with van der Waals surface area (Å²) in [6.07, 6.45) is 0. The Kier molecular flexibility index (Phi) is 11.2. The van der Waals surface area contributed by atoms with Crippen molar-refractivity contribution in [3.8, 4) is 0 Å². The Balaban J connectivity index is 2.55. The molecule has 0 amide bonds. The van der Waals surface area contributed by atoms with Crippen molar-refractivity contribution in [1.29, 1.82) is 0 Å². The van der Waals surface area contributed by atoms with Crippen LogP contribution in [0.5, 0.6) is 0 Å². The van der Waals surface area contributed by atoms with Gasteiger partial charge < -0.3 is 0 Å². The van der Waals surface area contributed by atoms with E-state index >= 15 is 0 Å². The average molecular weight is 199 g/mol. The van der Waals surface area contributed by atoms with Crippen LogP contribution in [0.3, 0.4) is 0 Å². The van der Waals surface area contributed by atoms with Gasteiger partial charge in [-0.25, -0.2) is 0 Å². The monoisotopic (exact) mass is 198 g/mol. The summed E-state index contributed by atoms with van der Waals surface area (Å²) in [6.45, 7) is 0. The minimum atomic E-state index is 0.496. The van der Waals surface area contributed by atoms with Gasteiger partial charge >= 0.3 is 110 Å². The molecule has 12 valence electrons. The van der Waals surface area contributed by atoms with Crippen molar-refractivity contribution in [2.75, 3.05) is 0 Å². The second-order valence-electron chi connectivity index (χ2n) is 0.400. The van der Waals surface area contributed by atoms with E-state index in [1.165, 1.54) is 0 Å². The number of nitrogens with zero attached hydrogens (tertiary/aromatic N) is 2. The molecule has 4 heavy (non-hydrogen) atoms. The molecular formula is N2Rb2. The maximum atomic E-state index is 3.66. The van der Waals surface area contributed by atoms with Crippen molar-refractivity contribution in [2.45, 2.75) is 0 Å². The molecule has 0 N–H and O–H groups in total. The van der Waals surface area contributed by atoms with E-state index in [0.29, 0.717) is 112 Å². The molecule has 0 aromatic rings. The molecule has 0 unspecified atom stereocenters. The number of rotatable bonds is 0. The zero-order chi connectivity index (χ0) is 3.41. The van der Waals surface area contributed by atoms with Crippen LogP contribution in [0.15, 0.2) is -2.28 Å². The summed E-state index contributed by atoms with van der Waals surface area (Å²) in [7, 11) is 0. The van der Waals surface area contributed by atoms with Gasteiger partial charge in [-0.15, -0.1) is 0 Å². The zero-order valence-electron chi connectivity index (χ0n) is 2.89. The molecule has 2 nitrogen and oxygen atoms in total. The minimum absolute atomic E-state index is 0.496. The summed E-state index contributed by atoms with van der Waals surface area (Å²) in [4.78, 5) is 0. The van der Waals surface area contributed by atoms with E-state index in [9.17, 15) is 0 Å². The van der Waals surface area contributed by atoms with Crippen molar-refractivity contribution in [2.24, 2.45) is -2.28 Å². The zero-order valence-corrected chi connectivity index (χ0v) is 12.7. The molecule has 0 saturated heterocycles. The predicted molar refractivity (Wildman–Crippen MR) is 16.4 cm³/mol. The van der Waals surface area contributed by atoms with E-state index in [1.807, 2.05) is 0 Å². The van der Waals surface area contributed by atoms with Crippen molar-refractivity contribution >= 4 is 112 Å². The second kappa shape index (κ2) is 6.21. The molecule has 0 aromatic carbocycles. The van der Waals surface area contributed by atoms with Gasteiger partial charge in [-0.1, -0.05) is 0 Å². The van der Waals surface area contributed by atoms with E-state index < -0.39 is 0 Å². The van der Waals surface area contributed by atoms with Crippen LogP contribution in [0.4, 0.5) is 0 Å². The topological polar surface area (TPSA) is 24.7 Å².